The van der Waals surface area contributed by atoms with E-state index in [9.17, 15) is 4.39 Å². The molecule has 1 N–H and O–H groups in total. The summed E-state index contributed by atoms with van der Waals surface area (Å²) in [6.07, 6.45) is 0. The lowest BCUT2D eigenvalue weighted by molar-refractivity contribution is 0.352. The van der Waals surface area contributed by atoms with Crippen molar-refractivity contribution in [1.82, 2.24) is 0 Å². The molecule has 112 valence electrons. The zero-order valence-electron chi connectivity index (χ0n) is 11.5. The van der Waals surface area contributed by atoms with Crippen LogP contribution in [0.2, 0.25) is 5.02 Å². The fourth-order valence-corrected chi connectivity index (χ4v) is 2.61. The predicted molar refractivity (Wildman–Crippen MR) is 86.0 cm³/mol. The first-order valence-corrected chi connectivity index (χ1v) is 7.31. The molecular weight excluding hydrogens is 361 g/mol. The van der Waals surface area contributed by atoms with Gasteiger partial charge in [-0.2, -0.15) is 0 Å². The first-order chi connectivity index (χ1) is 10.0. The van der Waals surface area contributed by atoms with E-state index in [1.807, 2.05) is 12.1 Å². The van der Waals surface area contributed by atoms with Crippen LogP contribution >= 0.6 is 27.5 Å². The summed E-state index contributed by atoms with van der Waals surface area (Å²) in [5.41, 5.74) is 1.63. The highest BCUT2D eigenvalue weighted by Gasteiger charge is 2.12. The molecule has 0 amide bonds. The van der Waals surface area contributed by atoms with Crippen molar-refractivity contribution in [3.63, 3.8) is 0 Å². The average molecular weight is 375 g/mol. The fourth-order valence-electron chi connectivity index (χ4n) is 1.94. The van der Waals surface area contributed by atoms with Gasteiger partial charge in [0, 0.05) is 22.3 Å². The minimum absolute atomic E-state index is 0.0822. The van der Waals surface area contributed by atoms with Gasteiger partial charge in [-0.25, -0.2) is 4.39 Å². The van der Waals surface area contributed by atoms with E-state index >= 15 is 0 Å². The van der Waals surface area contributed by atoms with Gasteiger partial charge in [0.2, 0.25) is 0 Å². The van der Waals surface area contributed by atoms with Crippen molar-refractivity contribution >= 4 is 33.2 Å². The van der Waals surface area contributed by atoms with Crippen LogP contribution in [-0.4, -0.2) is 14.2 Å². The largest absolute Gasteiger partial charge is 0.493 e. The van der Waals surface area contributed by atoms with Crippen LogP contribution in [0, 0.1) is 5.82 Å². The van der Waals surface area contributed by atoms with E-state index in [2.05, 4.69) is 21.2 Å². The Morgan fingerprint density at radius 3 is 2.57 bits per heavy atom. The molecule has 0 spiro atoms. The molecule has 0 bridgehead atoms. The number of benzene rings is 2. The number of hydrogen-bond donors (Lipinski definition) is 1. The highest BCUT2D eigenvalue weighted by molar-refractivity contribution is 9.10. The second-order valence-electron chi connectivity index (χ2n) is 4.28. The maximum atomic E-state index is 13.1. The van der Waals surface area contributed by atoms with Crippen LogP contribution in [0.4, 0.5) is 10.1 Å². The number of nitrogens with one attached hydrogen (secondary N) is 1. The highest BCUT2D eigenvalue weighted by Crippen LogP contribution is 2.35. The van der Waals surface area contributed by atoms with Crippen molar-refractivity contribution in [3.05, 3.63) is 51.2 Å². The first-order valence-electron chi connectivity index (χ1n) is 6.14. The molecule has 0 aliphatic carbocycles. The lowest BCUT2D eigenvalue weighted by Crippen LogP contribution is -2.03. The molecule has 0 heterocycles. The van der Waals surface area contributed by atoms with Gasteiger partial charge in [-0.1, -0.05) is 27.5 Å². The van der Waals surface area contributed by atoms with E-state index in [-0.39, 0.29) is 5.02 Å². The summed E-state index contributed by atoms with van der Waals surface area (Å²) in [5.74, 6) is 0.853. The second-order valence-corrected chi connectivity index (χ2v) is 5.61. The first kappa shape index (κ1) is 15.9. The summed E-state index contributed by atoms with van der Waals surface area (Å²) in [6, 6.07) is 8.25. The van der Waals surface area contributed by atoms with Gasteiger partial charge in [0.25, 0.3) is 0 Å². The number of anilines is 1. The molecule has 0 aliphatic rings. The molecule has 0 fully saturated rings. The van der Waals surface area contributed by atoms with Gasteiger partial charge in [0.05, 0.1) is 19.2 Å². The van der Waals surface area contributed by atoms with E-state index in [1.165, 1.54) is 6.07 Å². The molecule has 0 aromatic heterocycles. The minimum Gasteiger partial charge on any atom is -0.493 e. The standard InChI is InChI=1S/C15H14BrClFNO2/c1-20-14-6-10(16)5-9(15(14)21-2)8-19-11-3-4-13(18)12(17)7-11/h3-7,19H,8H2,1-2H3. The van der Waals surface area contributed by atoms with Crippen LogP contribution in [0.15, 0.2) is 34.8 Å². The van der Waals surface area contributed by atoms with E-state index in [1.54, 1.807) is 26.4 Å². The van der Waals surface area contributed by atoms with E-state index < -0.39 is 5.82 Å². The number of ether oxygens (including phenoxy) is 2. The van der Waals surface area contributed by atoms with Gasteiger partial charge in [-0.3, -0.25) is 0 Å². The van der Waals surface area contributed by atoms with Crippen molar-refractivity contribution in [2.45, 2.75) is 6.54 Å². The third-order valence-electron chi connectivity index (χ3n) is 2.92. The molecule has 0 saturated heterocycles. The van der Waals surface area contributed by atoms with E-state index in [0.29, 0.717) is 18.0 Å². The third kappa shape index (κ3) is 3.80. The molecule has 21 heavy (non-hydrogen) atoms. The summed E-state index contributed by atoms with van der Waals surface area (Å²) in [7, 11) is 3.17. The number of hydrogen-bond acceptors (Lipinski definition) is 3. The Balaban J connectivity index is 2.22. The Labute approximate surface area is 136 Å². The third-order valence-corrected chi connectivity index (χ3v) is 3.67. The van der Waals surface area contributed by atoms with Crippen molar-refractivity contribution in [1.29, 1.82) is 0 Å². The predicted octanol–water partition coefficient (Wildman–Crippen LogP) is 4.87. The topological polar surface area (TPSA) is 30.5 Å². The fraction of sp³-hybridized carbons (Fsp3) is 0.200. The van der Waals surface area contributed by atoms with Gasteiger partial charge in [0.1, 0.15) is 5.82 Å². The quantitative estimate of drug-likeness (QED) is 0.810. The molecule has 2 aromatic rings. The van der Waals surface area contributed by atoms with Gasteiger partial charge in [-0.05, 0) is 30.3 Å². The van der Waals surface area contributed by atoms with E-state index in [0.717, 1.165) is 15.7 Å². The minimum atomic E-state index is -0.441. The van der Waals surface area contributed by atoms with Gasteiger partial charge >= 0.3 is 0 Å². The average Bonchev–Trinajstić information content (AvgIpc) is 2.47. The van der Waals surface area contributed by atoms with Crippen LogP contribution in [0.3, 0.4) is 0 Å². The zero-order chi connectivity index (χ0) is 15.4. The lowest BCUT2D eigenvalue weighted by Gasteiger charge is -2.15. The Kier molecular flexibility index (Phi) is 5.31. The van der Waals surface area contributed by atoms with Gasteiger partial charge in [-0.15, -0.1) is 0 Å². The summed E-state index contributed by atoms with van der Waals surface area (Å²) >= 11 is 9.19. The van der Waals surface area contributed by atoms with Gasteiger partial charge in [0.15, 0.2) is 11.5 Å². The van der Waals surface area contributed by atoms with Crippen LogP contribution < -0.4 is 14.8 Å². The smallest absolute Gasteiger partial charge is 0.165 e. The van der Waals surface area contributed by atoms with Crippen molar-refractivity contribution < 1.29 is 13.9 Å². The molecule has 0 unspecified atom stereocenters. The Hall–Kier alpha value is -1.46. The Morgan fingerprint density at radius 1 is 1.19 bits per heavy atom. The molecule has 6 heteroatoms. The summed E-state index contributed by atoms with van der Waals surface area (Å²) < 4.78 is 24.7. The Morgan fingerprint density at radius 2 is 1.95 bits per heavy atom. The second kappa shape index (κ2) is 7.00. The zero-order valence-corrected chi connectivity index (χ0v) is 13.9. The van der Waals surface area contributed by atoms with Crippen LogP contribution in [-0.2, 0) is 6.54 Å². The van der Waals surface area contributed by atoms with Crippen LogP contribution in [0.1, 0.15) is 5.56 Å². The van der Waals surface area contributed by atoms with Crippen LogP contribution in [0.25, 0.3) is 0 Å². The molecule has 2 rings (SSSR count). The molecular formula is C15H14BrClFNO2. The van der Waals surface area contributed by atoms with E-state index in [4.69, 9.17) is 21.1 Å². The van der Waals surface area contributed by atoms with Crippen molar-refractivity contribution in [2.24, 2.45) is 0 Å². The SMILES string of the molecule is COc1cc(Br)cc(CNc2ccc(F)c(Cl)c2)c1OC. The lowest BCUT2D eigenvalue weighted by atomic mass is 10.1. The highest BCUT2D eigenvalue weighted by atomic mass is 79.9. The number of halogens is 3. The van der Waals surface area contributed by atoms with Crippen molar-refractivity contribution in [3.8, 4) is 11.5 Å². The summed E-state index contributed by atoms with van der Waals surface area (Å²) in [4.78, 5) is 0. The number of methoxy groups -OCH3 is 2. The molecule has 0 aliphatic heterocycles. The maximum Gasteiger partial charge on any atom is 0.165 e. The number of rotatable bonds is 5. The molecule has 0 atom stereocenters. The molecule has 0 radical (unpaired) electrons. The van der Waals surface area contributed by atoms with Gasteiger partial charge < -0.3 is 14.8 Å². The summed E-state index contributed by atoms with van der Waals surface area (Å²) in [6.45, 7) is 0.487. The monoisotopic (exact) mass is 373 g/mol. The molecule has 2 aromatic carbocycles. The Bertz CT molecular complexity index is 652. The van der Waals surface area contributed by atoms with Crippen molar-refractivity contribution in [2.75, 3.05) is 19.5 Å². The normalized spacial score (nSPS) is 10.3. The molecule has 0 saturated carbocycles. The maximum absolute atomic E-state index is 13.1. The molecule has 3 nitrogen and oxygen atoms in total. The van der Waals surface area contributed by atoms with Crippen LogP contribution in [0.5, 0.6) is 11.5 Å². The summed E-state index contributed by atoms with van der Waals surface area (Å²) in [5, 5.41) is 3.26.